The van der Waals surface area contributed by atoms with Gasteiger partial charge in [-0.15, -0.1) is 0 Å². The summed E-state index contributed by atoms with van der Waals surface area (Å²) in [4.78, 5) is 0. The lowest BCUT2D eigenvalue weighted by Crippen LogP contribution is -2.52. The Morgan fingerprint density at radius 1 is 1.18 bits per heavy atom. The Hall–Kier alpha value is -0.0400. The molecule has 1 aliphatic rings. The van der Waals surface area contributed by atoms with Crippen molar-refractivity contribution in [3.05, 3.63) is 0 Å². The molecular weight excluding hydrogens is 134 g/mol. The highest BCUT2D eigenvalue weighted by Crippen LogP contribution is 2.25. The lowest BCUT2D eigenvalue weighted by molar-refractivity contribution is -0.919. The molecule has 1 rings (SSSR count). The van der Waals surface area contributed by atoms with E-state index in [1.807, 2.05) is 0 Å². The Morgan fingerprint density at radius 2 is 1.64 bits per heavy atom. The van der Waals surface area contributed by atoms with Crippen LogP contribution >= 0.6 is 0 Å². The van der Waals surface area contributed by atoms with Crippen molar-refractivity contribution in [1.82, 2.24) is 0 Å². The van der Waals surface area contributed by atoms with Crippen LogP contribution in [-0.4, -0.2) is 31.2 Å². The maximum absolute atomic E-state index is 2.40. The Kier molecular flexibility index (Phi) is 2.58. The maximum atomic E-state index is 2.40. The van der Waals surface area contributed by atoms with Crippen molar-refractivity contribution in [3.8, 4) is 0 Å². The summed E-state index contributed by atoms with van der Waals surface area (Å²) in [6.07, 6.45) is 1.44. The predicted octanol–water partition coefficient (Wildman–Crippen LogP) is 2.13. The van der Waals surface area contributed by atoms with E-state index in [2.05, 4.69) is 27.8 Å². The number of likely N-dealkylation sites (tertiary alicyclic amines) is 1. The van der Waals surface area contributed by atoms with Crippen molar-refractivity contribution in [1.29, 1.82) is 0 Å². The summed E-state index contributed by atoms with van der Waals surface area (Å²) in [5, 5.41) is 0. The van der Waals surface area contributed by atoms with Crippen LogP contribution in [0.1, 0.15) is 27.2 Å². The Balaban J connectivity index is 2.55. The van der Waals surface area contributed by atoms with Crippen LogP contribution in [0.5, 0.6) is 0 Å². The number of nitrogens with zero attached hydrogens (tertiary/aromatic N) is 1. The molecular formula is C10H22N+. The van der Waals surface area contributed by atoms with Crippen LogP contribution in [0.4, 0.5) is 0 Å². The predicted molar refractivity (Wildman–Crippen MR) is 49.4 cm³/mol. The fourth-order valence-electron chi connectivity index (χ4n) is 2.67. The van der Waals surface area contributed by atoms with Crippen molar-refractivity contribution >= 4 is 0 Å². The molecule has 2 atom stereocenters. The summed E-state index contributed by atoms with van der Waals surface area (Å²) >= 11 is 0. The fourth-order valence-corrected chi connectivity index (χ4v) is 2.67. The molecule has 1 nitrogen and oxygen atoms in total. The molecule has 1 heteroatoms. The van der Waals surface area contributed by atoms with Crippen LogP contribution in [0, 0.1) is 11.8 Å². The molecule has 66 valence electrons. The molecule has 0 bridgehead atoms. The lowest BCUT2D eigenvalue weighted by atomic mass is 9.90. The second kappa shape index (κ2) is 3.14. The zero-order valence-electron chi connectivity index (χ0n) is 8.43. The van der Waals surface area contributed by atoms with Gasteiger partial charge in [0.25, 0.3) is 0 Å². The second-order valence-corrected chi connectivity index (χ2v) is 4.75. The minimum atomic E-state index is 0.934. The van der Waals surface area contributed by atoms with Gasteiger partial charge in [-0.05, 0) is 13.3 Å². The van der Waals surface area contributed by atoms with E-state index in [0.29, 0.717) is 0 Å². The zero-order chi connectivity index (χ0) is 8.48. The van der Waals surface area contributed by atoms with Gasteiger partial charge in [-0.25, -0.2) is 0 Å². The summed E-state index contributed by atoms with van der Waals surface area (Å²) in [6.45, 7) is 11.2. The van der Waals surface area contributed by atoms with E-state index in [-0.39, 0.29) is 0 Å². The molecule has 0 aromatic heterocycles. The SMILES string of the molecule is CC[N+]1(C)C[C@H](C)C[C@@H](C)C1. The molecule has 1 heterocycles. The highest BCUT2D eigenvalue weighted by molar-refractivity contribution is 4.64. The summed E-state index contributed by atoms with van der Waals surface area (Å²) in [7, 11) is 2.40. The second-order valence-electron chi connectivity index (χ2n) is 4.75. The molecule has 0 unspecified atom stereocenters. The van der Waals surface area contributed by atoms with Gasteiger partial charge >= 0.3 is 0 Å². The van der Waals surface area contributed by atoms with E-state index in [1.54, 1.807) is 0 Å². The van der Waals surface area contributed by atoms with Crippen molar-refractivity contribution < 1.29 is 4.48 Å². The highest BCUT2D eigenvalue weighted by atomic mass is 15.3. The van der Waals surface area contributed by atoms with Gasteiger partial charge in [0.2, 0.25) is 0 Å². The summed E-state index contributed by atoms with van der Waals surface area (Å²) in [6, 6.07) is 0. The van der Waals surface area contributed by atoms with Crippen molar-refractivity contribution in [2.75, 3.05) is 26.7 Å². The normalized spacial score (nSPS) is 45.8. The molecule has 0 saturated carbocycles. The smallest absolute Gasteiger partial charge is 0.0810 e. The van der Waals surface area contributed by atoms with Crippen LogP contribution < -0.4 is 0 Å². The Morgan fingerprint density at radius 3 is 2.00 bits per heavy atom. The number of hydrogen-bond donors (Lipinski definition) is 0. The summed E-state index contributed by atoms with van der Waals surface area (Å²) in [5.41, 5.74) is 0. The summed E-state index contributed by atoms with van der Waals surface area (Å²) < 4.78 is 1.29. The third kappa shape index (κ3) is 2.19. The molecule has 0 aromatic carbocycles. The lowest BCUT2D eigenvalue weighted by Gasteiger charge is -2.42. The van der Waals surface area contributed by atoms with Gasteiger partial charge in [-0.3, -0.25) is 0 Å². The summed E-state index contributed by atoms with van der Waals surface area (Å²) in [5.74, 6) is 1.87. The van der Waals surface area contributed by atoms with Crippen LogP contribution in [0.2, 0.25) is 0 Å². The molecule has 1 fully saturated rings. The number of rotatable bonds is 1. The first-order chi connectivity index (χ1) is 5.06. The molecule has 11 heavy (non-hydrogen) atoms. The van der Waals surface area contributed by atoms with Gasteiger partial charge in [0.1, 0.15) is 0 Å². The van der Waals surface area contributed by atoms with E-state index in [4.69, 9.17) is 0 Å². The first kappa shape index (κ1) is 9.05. The fraction of sp³-hybridized carbons (Fsp3) is 1.00. The van der Waals surface area contributed by atoms with Crippen molar-refractivity contribution in [3.63, 3.8) is 0 Å². The first-order valence-corrected chi connectivity index (χ1v) is 4.89. The Labute approximate surface area is 71.0 Å². The third-order valence-electron chi connectivity index (χ3n) is 3.07. The topological polar surface area (TPSA) is 0 Å². The first-order valence-electron chi connectivity index (χ1n) is 4.89. The number of hydrogen-bond acceptors (Lipinski definition) is 0. The largest absolute Gasteiger partial charge is 0.326 e. The molecule has 0 amide bonds. The molecule has 0 aromatic rings. The number of quaternary nitrogens is 1. The average Bonchev–Trinajstić information content (AvgIpc) is 1.84. The quantitative estimate of drug-likeness (QED) is 0.510. The molecule has 1 aliphatic heterocycles. The molecule has 0 aliphatic carbocycles. The van der Waals surface area contributed by atoms with Crippen LogP contribution in [0.3, 0.4) is 0 Å². The van der Waals surface area contributed by atoms with E-state index in [1.165, 1.54) is 30.5 Å². The van der Waals surface area contributed by atoms with E-state index >= 15 is 0 Å². The molecule has 0 N–H and O–H groups in total. The van der Waals surface area contributed by atoms with E-state index in [9.17, 15) is 0 Å². The Bertz CT molecular complexity index is 121. The van der Waals surface area contributed by atoms with Gasteiger partial charge < -0.3 is 4.48 Å². The molecule has 0 radical (unpaired) electrons. The minimum Gasteiger partial charge on any atom is -0.326 e. The van der Waals surface area contributed by atoms with Gasteiger partial charge in [-0.2, -0.15) is 0 Å². The average molecular weight is 156 g/mol. The van der Waals surface area contributed by atoms with E-state index < -0.39 is 0 Å². The third-order valence-corrected chi connectivity index (χ3v) is 3.07. The zero-order valence-corrected chi connectivity index (χ0v) is 8.43. The van der Waals surface area contributed by atoms with Crippen LogP contribution in [-0.2, 0) is 0 Å². The van der Waals surface area contributed by atoms with Gasteiger partial charge in [0.15, 0.2) is 0 Å². The van der Waals surface area contributed by atoms with Gasteiger partial charge in [0, 0.05) is 11.8 Å². The van der Waals surface area contributed by atoms with Gasteiger partial charge in [0.05, 0.1) is 26.7 Å². The van der Waals surface area contributed by atoms with Crippen molar-refractivity contribution in [2.45, 2.75) is 27.2 Å². The van der Waals surface area contributed by atoms with Crippen molar-refractivity contribution in [2.24, 2.45) is 11.8 Å². The standard InChI is InChI=1S/C10H22N/c1-5-11(4)7-9(2)6-10(3)8-11/h9-10H,5-8H2,1-4H3/q+1/t9-,10-/m1/s1. The molecule has 0 spiro atoms. The number of piperidine rings is 1. The minimum absolute atomic E-state index is 0.934. The van der Waals surface area contributed by atoms with Crippen LogP contribution in [0.25, 0.3) is 0 Å². The molecule has 1 saturated heterocycles. The van der Waals surface area contributed by atoms with Gasteiger partial charge in [-0.1, -0.05) is 13.8 Å². The monoisotopic (exact) mass is 156 g/mol. The maximum Gasteiger partial charge on any atom is 0.0810 e. The highest BCUT2D eigenvalue weighted by Gasteiger charge is 2.31. The van der Waals surface area contributed by atoms with Crippen LogP contribution in [0.15, 0.2) is 0 Å². The van der Waals surface area contributed by atoms with E-state index in [0.717, 1.165) is 11.8 Å².